The Labute approximate surface area is 148 Å². The van der Waals surface area contributed by atoms with Crippen LogP contribution in [0.25, 0.3) is 10.7 Å². The van der Waals surface area contributed by atoms with Gasteiger partial charge in [0.1, 0.15) is 0 Å². The number of rotatable bonds is 5. The zero-order valence-electron chi connectivity index (χ0n) is 13.4. The number of halogens is 1. The molecule has 2 atom stereocenters. The van der Waals surface area contributed by atoms with E-state index in [1.54, 1.807) is 11.3 Å². The van der Waals surface area contributed by atoms with Crippen molar-refractivity contribution in [3.63, 3.8) is 0 Å². The zero-order valence-corrected chi connectivity index (χ0v) is 15.8. The summed E-state index contributed by atoms with van der Waals surface area (Å²) >= 11 is 5.04. The zero-order chi connectivity index (χ0) is 16.4. The van der Waals surface area contributed by atoms with E-state index >= 15 is 0 Å². The standard InChI is InChI=1S/C16H22BrN3O2S/c1-10(2)20(11-5-3-4-6-12(11)21)9-15-18-16(19-22-15)13-7-8-14(17)23-13/h7-8,10-12,21H,3-6,9H2,1-2H3/t11-,12+/m1/s1. The summed E-state index contributed by atoms with van der Waals surface area (Å²) in [7, 11) is 0. The number of hydrogen-bond acceptors (Lipinski definition) is 6. The second-order valence-corrected chi connectivity index (χ2v) is 8.76. The van der Waals surface area contributed by atoms with Crippen molar-refractivity contribution in [3.8, 4) is 10.7 Å². The third-order valence-electron chi connectivity index (χ3n) is 4.36. The van der Waals surface area contributed by atoms with E-state index in [2.05, 4.69) is 44.8 Å². The molecule has 0 aliphatic heterocycles. The summed E-state index contributed by atoms with van der Waals surface area (Å²) in [6.07, 6.45) is 3.93. The average molecular weight is 400 g/mol. The van der Waals surface area contributed by atoms with Crippen molar-refractivity contribution < 1.29 is 9.63 Å². The van der Waals surface area contributed by atoms with Crippen molar-refractivity contribution >= 4 is 27.3 Å². The van der Waals surface area contributed by atoms with Gasteiger partial charge in [0.25, 0.3) is 0 Å². The lowest BCUT2D eigenvalue weighted by molar-refractivity contribution is -0.00419. The molecule has 2 aromatic rings. The number of aliphatic hydroxyl groups excluding tert-OH is 1. The van der Waals surface area contributed by atoms with Crippen LogP contribution in [0.2, 0.25) is 0 Å². The highest BCUT2D eigenvalue weighted by Crippen LogP contribution is 2.30. The van der Waals surface area contributed by atoms with Crippen LogP contribution in [0.1, 0.15) is 45.4 Å². The van der Waals surface area contributed by atoms with Crippen molar-refractivity contribution in [1.29, 1.82) is 0 Å². The molecule has 5 nitrogen and oxygen atoms in total. The molecule has 126 valence electrons. The molecule has 7 heteroatoms. The summed E-state index contributed by atoms with van der Waals surface area (Å²) in [6, 6.07) is 4.46. The minimum atomic E-state index is -0.262. The van der Waals surface area contributed by atoms with Crippen molar-refractivity contribution in [3.05, 3.63) is 21.8 Å². The first kappa shape index (κ1) is 17.1. The van der Waals surface area contributed by atoms with Crippen LogP contribution in [0.4, 0.5) is 0 Å². The Hall–Kier alpha value is -0.760. The first-order valence-corrected chi connectivity index (χ1v) is 9.67. The van der Waals surface area contributed by atoms with Crippen molar-refractivity contribution in [1.82, 2.24) is 15.0 Å². The lowest BCUT2D eigenvalue weighted by atomic mass is 9.90. The van der Waals surface area contributed by atoms with E-state index in [1.165, 1.54) is 6.42 Å². The maximum atomic E-state index is 10.3. The molecule has 1 aliphatic rings. The molecular formula is C16H22BrN3O2S. The molecule has 3 rings (SSSR count). The smallest absolute Gasteiger partial charge is 0.241 e. The maximum absolute atomic E-state index is 10.3. The van der Waals surface area contributed by atoms with E-state index in [0.717, 1.165) is 27.9 Å². The maximum Gasteiger partial charge on any atom is 0.241 e. The lowest BCUT2D eigenvalue weighted by Gasteiger charge is -2.39. The highest BCUT2D eigenvalue weighted by molar-refractivity contribution is 9.11. The predicted octanol–water partition coefficient (Wildman–Crippen LogP) is 4.07. The third kappa shape index (κ3) is 4.02. The van der Waals surface area contributed by atoms with Crippen LogP contribution in [-0.2, 0) is 6.54 Å². The minimum Gasteiger partial charge on any atom is -0.391 e. The van der Waals surface area contributed by atoms with Gasteiger partial charge in [-0.3, -0.25) is 4.90 Å². The van der Waals surface area contributed by atoms with Gasteiger partial charge in [-0.25, -0.2) is 0 Å². The van der Waals surface area contributed by atoms with Crippen LogP contribution in [-0.4, -0.2) is 38.3 Å². The summed E-state index contributed by atoms with van der Waals surface area (Å²) < 4.78 is 6.49. The fraction of sp³-hybridized carbons (Fsp3) is 0.625. The number of hydrogen-bond donors (Lipinski definition) is 1. The van der Waals surface area contributed by atoms with E-state index in [1.807, 2.05) is 12.1 Å². The van der Waals surface area contributed by atoms with E-state index in [-0.39, 0.29) is 12.1 Å². The number of nitrogens with zero attached hydrogens (tertiary/aromatic N) is 3. The molecule has 0 spiro atoms. The fourth-order valence-electron chi connectivity index (χ4n) is 3.17. The molecule has 0 saturated heterocycles. The monoisotopic (exact) mass is 399 g/mol. The molecule has 0 bridgehead atoms. The summed E-state index contributed by atoms with van der Waals surface area (Å²) in [5, 5.41) is 14.4. The molecule has 23 heavy (non-hydrogen) atoms. The first-order chi connectivity index (χ1) is 11.0. The molecule has 2 heterocycles. The molecule has 0 aromatic carbocycles. The quantitative estimate of drug-likeness (QED) is 0.820. The minimum absolute atomic E-state index is 0.176. The van der Waals surface area contributed by atoms with Crippen molar-refractivity contribution in [2.45, 2.75) is 64.3 Å². The van der Waals surface area contributed by atoms with E-state index in [0.29, 0.717) is 24.3 Å². The van der Waals surface area contributed by atoms with Crippen LogP contribution in [0, 0.1) is 0 Å². The van der Waals surface area contributed by atoms with Crippen molar-refractivity contribution in [2.75, 3.05) is 0 Å². The Bertz CT molecular complexity index is 643. The summed E-state index contributed by atoms with van der Waals surface area (Å²) in [4.78, 5) is 7.79. The van der Waals surface area contributed by atoms with Gasteiger partial charge in [-0.15, -0.1) is 11.3 Å². The third-order valence-corrected chi connectivity index (χ3v) is 5.98. The molecule has 1 aliphatic carbocycles. The van der Waals surface area contributed by atoms with Crippen LogP contribution in [0.15, 0.2) is 20.4 Å². The predicted molar refractivity (Wildman–Crippen MR) is 94.3 cm³/mol. The first-order valence-electron chi connectivity index (χ1n) is 8.06. The number of thiophene rings is 1. The molecule has 0 radical (unpaired) electrons. The molecule has 1 saturated carbocycles. The molecule has 0 unspecified atom stereocenters. The van der Waals surface area contributed by atoms with Crippen LogP contribution >= 0.6 is 27.3 Å². The van der Waals surface area contributed by atoms with Gasteiger partial charge in [0, 0.05) is 12.1 Å². The van der Waals surface area contributed by atoms with Gasteiger partial charge in [-0.2, -0.15) is 4.98 Å². The lowest BCUT2D eigenvalue weighted by Crippen LogP contribution is -2.48. The molecule has 0 amide bonds. The molecule has 1 N–H and O–H groups in total. The number of aromatic nitrogens is 2. The van der Waals surface area contributed by atoms with Gasteiger partial charge >= 0.3 is 0 Å². The van der Waals surface area contributed by atoms with Crippen LogP contribution < -0.4 is 0 Å². The van der Waals surface area contributed by atoms with Gasteiger partial charge in [0.2, 0.25) is 11.7 Å². The Morgan fingerprint density at radius 1 is 1.39 bits per heavy atom. The summed E-state index contributed by atoms with van der Waals surface area (Å²) in [6.45, 7) is 4.88. The Morgan fingerprint density at radius 3 is 2.83 bits per heavy atom. The largest absolute Gasteiger partial charge is 0.391 e. The normalized spacial score (nSPS) is 22.2. The highest BCUT2D eigenvalue weighted by atomic mass is 79.9. The van der Waals surface area contributed by atoms with Crippen molar-refractivity contribution in [2.24, 2.45) is 0 Å². The van der Waals surface area contributed by atoms with Gasteiger partial charge in [0.05, 0.1) is 21.3 Å². The van der Waals surface area contributed by atoms with Gasteiger partial charge < -0.3 is 9.63 Å². The molecule has 1 fully saturated rings. The Morgan fingerprint density at radius 2 is 2.17 bits per heavy atom. The molecule has 2 aromatic heterocycles. The Kier molecular flexibility index (Phi) is 5.51. The van der Waals surface area contributed by atoms with E-state index in [4.69, 9.17) is 4.52 Å². The fourth-order valence-corrected chi connectivity index (χ4v) is 4.48. The second-order valence-electron chi connectivity index (χ2n) is 6.30. The average Bonchev–Trinajstić information content (AvgIpc) is 3.14. The number of aliphatic hydroxyl groups is 1. The highest BCUT2D eigenvalue weighted by Gasteiger charge is 2.31. The van der Waals surface area contributed by atoms with Crippen LogP contribution in [0.3, 0.4) is 0 Å². The van der Waals surface area contributed by atoms with Gasteiger partial charge in [-0.1, -0.05) is 18.0 Å². The Balaban J connectivity index is 1.74. The topological polar surface area (TPSA) is 62.4 Å². The molecular weight excluding hydrogens is 378 g/mol. The summed E-state index contributed by atoms with van der Waals surface area (Å²) in [5.41, 5.74) is 0. The SMILES string of the molecule is CC(C)N(Cc1nc(-c2ccc(Br)s2)no1)[C@@H]1CCCC[C@@H]1O. The van der Waals surface area contributed by atoms with E-state index in [9.17, 15) is 5.11 Å². The van der Waals surface area contributed by atoms with Gasteiger partial charge in [0.15, 0.2) is 0 Å². The second kappa shape index (κ2) is 7.42. The van der Waals surface area contributed by atoms with Gasteiger partial charge in [-0.05, 0) is 54.8 Å². The van der Waals surface area contributed by atoms with Crippen LogP contribution in [0.5, 0.6) is 0 Å². The summed E-state index contributed by atoms with van der Waals surface area (Å²) in [5.74, 6) is 1.24. The van der Waals surface area contributed by atoms with E-state index < -0.39 is 0 Å².